The fourth-order valence-electron chi connectivity index (χ4n) is 4.02. The van der Waals surface area contributed by atoms with Crippen molar-refractivity contribution in [1.82, 2.24) is 25.4 Å². The summed E-state index contributed by atoms with van der Waals surface area (Å²) in [5, 5.41) is 17.3. The average molecular weight is 418 g/mol. The Morgan fingerprint density at radius 2 is 1.94 bits per heavy atom. The smallest absolute Gasteiger partial charge is 0.267 e. The molecule has 0 bridgehead atoms. The van der Waals surface area contributed by atoms with Gasteiger partial charge in [0.25, 0.3) is 5.91 Å². The fourth-order valence-corrected chi connectivity index (χ4v) is 4.02. The van der Waals surface area contributed by atoms with E-state index in [0.717, 1.165) is 43.7 Å². The summed E-state index contributed by atoms with van der Waals surface area (Å²) in [7, 11) is 0. The van der Waals surface area contributed by atoms with Crippen LogP contribution in [0.25, 0.3) is 6.08 Å². The van der Waals surface area contributed by atoms with E-state index in [1.165, 1.54) is 23.6 Å². The van der Waals surface area contributed by atoms with E-state index in [1.807, 2.05) is 35.0 Å². The van der Waals surface area contributed by atoms with Gasteiger partial charge in [-0.2, -0.15) is 0 Å². The molecule has 7 heteroatoms. The molecule has 4 rings (SSSR count). The second kappa shape index (κ2) is 10.1. The maximum Gasteiger partial charge on any atom is 0.267 e. The first-order valence-corrected chi connectivity index (χ1v) is 10.6. The molecule has 1 saturated heterocycles. The molecule has 0 radical (unpaired) electrons. The monoisotopic (exact) mass is 417 g/mol. The third-order valence-corrected chi connectivity index (χ3v) is 5.61. The molecular weight excluding hydrogens is 390 g/mol. The molecule has 160 valence electrons. The molecule has 1 aromatic heterocycles. The number of nitrogens with one attached hydrogen (secondary N) is 1. The lowest BCUT2D eigenvalue weighted by atomic mass is 10.1. The molecule has 2 aromatic carbocycles. The second-order valence-electron chi connectivity index (χ2n) is 7.91. The molecule has 2 heterocycles. The number of hydrogen-bond acceptors (Lipinski definition) is 5. The molecule has 31 heavy (non-hydrogen) atoms. The van der Waals surface area contributed by atoms with Gasteiger partial charge in [-0.1, -0.05) is 59.8 Å². The van der Waals surface area contributed by atoms with Gasteiger partial charge in [0.2, 0.25) is 0 Å². The predicted octanol–water partition coefficient (Wildman–Crippen LogP) is 3.05. The molecule has 1 unspecified atom stereocenters. The van der Waals surface area contributed by atoms with E-state index in [1.54, 1.807) is 11.6 Å². The minimum Gasteiger partial charge on any atom is -0.294 e. The number of likely N-dealkylation sites (tertiary alicyclic amines) is 1. The molecule has 1 atom stereocenters. The van der Waals surface area contributed by atoms with Crippen LogP contribution in [0.2, 0.25) is 0 Å². The highest BCUT2D eigenvalue weighted by Gasteiger charge is 2.25. The number of amides is 1. The number of aromatic nitrogens is 3. The summed E-state index contributed by atoms with van der Waals surface area (Å²) in [5.74, 6) is -0.538. The van der Waals surface area contributed by atoms with Crippen LogP contribution < -0.4 is 5.48 Å². The van der Waals surface area contributed by atoms with Gasteiger partial charge in [0.15, 0.2) is 0 Å². The van der Waals surface area contributed by atoms with Gasteiger partial charge in [-0.25, -0.2) is 5.48 Å². The first-order chi connectivity index (χ1) is 15.2. The Morgan fingerprint density at radius 3 is 2.71 bits per heavy atom. The lowest BCUT2D eigenvalue weighted by molar-refractivity contribution is -0.124. The van der Waals surface area contributed by atoms with Crippen molar-refractivity contribution in [2.45, 2.75) is 38.4 Å². The van der Waals surface area contributed by atoms with E-state index in [-0.39, 0.29) is 0 Å². The number of rotatable bonds is 8. The largest absolute Gasteiger partial charge is 0.294 e. The Morgan fingerprint density at radius 1 is 1.13 bits per heavy atom. The second-order valence-corrected chi connectivity index (χ2v) is 7.91. The molecule has 0 aliphatic carbocycles. The third kappa shape index (κ3) is 5.87. The van der Waals surface area contributed by atoms with Gasteiger partial charge in [0.1, 0.15) is 0 Å². The summed E-state index contributed by atoms with van der Waals surface area (Å²) in [6.07, 6.45) is 8.18. The van der Waals surface area contributed by atoms with E-state index in [2.05, 4.69) is 45.7 Å². The topological polar surface area (TPSA) is 83.3 Å². The van der Waals surface area contributed by atoms with E-state index < -0.39 is 5.91 Å². The van der Waals surface area contributed by atoms with Crippen molar-refractivity contribution in [3.8, 4) is 0 Å². The minimum atomic E-state index is -0.538. The standard InChI is InChI=1S/C24H27N5O2/c30-24(26-31)13-12-19-8-10-21(11-9-19)16-28-14-4-7-23(28)18-29-17-22(25-27-29)15-20-5-2-1-3-6-20/h1-3,5-6,8-13,17,23,31H,4,7,14-16,18H2,(H,26,30). The summed E-state index contributed by atoms with van der Waals surface area (Å²) in [5.41, 5.74) is 5.98. The van der Waals surface area contributed by atoms with Crippen LogP contribution >= 0.6 is 0 Å². The molecule has 1 aliphatic heterocycles. The van der Waals surface area contributed by atoms with E-state index >= 15 is 0 Å². The van der Waals surface area contributed by atoms with Crippen molar-refractivity contribution in [3.63, 3.8) is 0 Å². The van der Waals surface area contributed by atoms with Crippen molar-refractivity contribution in [3.05, 3.63) is 89.3 Å². The number of hydrogen-bond donors (Lipinski definition) is 2. The van der Waals surface area contributed by atoms with Gasteiger partial charge in [-0.15, -0.1) is 5.10 Å². The molecule has 1 fully saturated rings. The maximum atomic E-state index is 11.1. The van der Waals surface area contributed by atoms with Crippen LogP contribution in [0.3, 0.4) is 0 Å². The van der Waals surface area contributed by atoms with Crippen molar-refractivity contribution < 1.29 is 10.0 Å². The van der Waals surface area contributed by atoms with Gasteiger partial charge in [0, 0.05) is 31.3 Å². The lowest BCUT2D eigenvalue weighted by Crippen LogP contribution is -2.32. The summed E-state index contributed by atoms with van der Waals surface area (Å²) in [4.78, 5) is 13.6. The number of carbonyl (C=O) groups is 1. The Labute approximate surface area is 182 Å². The number of hydroxylamine groups is 1. The zero-order valence-corrected chi connectivity index (χ0v) is 17.4. The Hall–Kier alpha value is -3.29. The molecule has 1 amide bonds. The van der Waals surface area contributed by atoms with Crippen LogP contribution in [0.5, 0.6) is 0 Å². The lowest BCUT2D eigenvalue weighted by Gasteiger charge is -2.24. The first kappa shape index (κ1) is 21.0. The zero-order chi connectivity index (χ0) is 21.5. The van der Waals surface area contributed by atoms with Crippen LogP contribution in [0.1, 0.15) is 35.2 Å². The fraction of sp³-hybridized carbons (Fsp3) is 0.292. The molecule has 0 saturated carbocycles. The molecule has 0 spiro atoms. The Kier molecular flexibility index (Phi) is 6.86. The van der Waals surface area contributed by atoms with Crippen LogP contribution in [0.15, 0.2) is 66.9 Å². The first-order valence-electron chi connectivity index (χ1n) is 10.6. The maximum absolute atomic E-state index is 11.1. The van der Waals surface area contributed by atoms with E-state index in [4.69, 9.17) is 5.21 Å². The normalized spacial score (nSPS) is 16.7. The van der Waals surface area contributed by atoms with Gasteiger partial charge in [0.05, 0.1) is 12.2 Å². The zero-order valence-electron chi connectivity index (χ0n) is 17.4. The number of nitrogens with zero attached hydrogens (tertiary/aromatic N) is 4. The van der Waals surface area contributed by atoms with Crippen LogP contribution in [-0.2, 0) is 24.3 Å². The Balaban J connectivity index is 1.33. The number of benzene rings is 2. The summed E-state index contributed by atoms with van der Waals surface area (Å²) in [6.45, 7) is 2.81. The predicted molar refractivity (Wildman–Crippen MR) is 118 cm³/mol. The van der Waals surface area contributed by atoms with E-state index in [0.29, 0.717) is 6.04 Å². The number of carbonyl (C=O) groups excluding carboxylic acids is 1. The van der Waals surface area contributed by atoms with Gasteiger partial charge >= 0.3 is 0 Å². The minimum absolute atomic E-state index is 0.444. The summed E-state index contributed by atoms with van der Waals surface area (Å²) in [6, 6.07) is 18.9. The van der Waals surface area contributed by atoms with Crippen molar-refractivity contribution in [2.75, 3.05) is 6.54 Å². The quantitative estimate of drug-likeness (QED) is 0.334. The van der Waals surface area contributed by atoms with Crippen molar-refractivity contribution >= 4 is 12.0 Å². The molecule has 3 aromatic rings. The molecule has 1 aliphatic rings. The van der Waals surface area contributed by atoms with Gasteiger partial charge < -0.3 is 0 Å². The van der Waals surface area contributed by atoms with Crippen LogP contribution in [0.4, 0.5) is 0 Å². The summed E-state index contributed by atoms with van der Waals surface area (Å²) < 4.78 is 1.97. The highest BCUT2D eigenvalue weighted by atomic mass is 16.5. The molecule has 2 N–H and O–H groups in total. The van der Waals surface area contributed by atoms with Crippen LogP contribution in [0, 0.1) is 0 Å². The van der Waals surface area contributed by atoms with Gasteiger partial charge in [-0.05, 0) is 42.2 Å². The third-order valence-electron chi connectivity index (χ3n) is 5.61. The Bertz CT molecular complexity index is 1010. The highest BCUT2D eigenvalue weighted by Crippen LogP contribution is 2.22. The summed E-state index contributed by atoms with van der Waals surface area (Å²) >= 11 is 0. The van der Waals surface area contributed by atoms with E-state index in [9.17, 15) is 4.79 Å². The van der Waals surface area contributed by atoms with Crippen LogP contribution in [-0.4, -0.2) is 43.6 Å². The highest BCUT2D eigenvalue weighted by molar-refractivity contribution is 5.90. The van der Waals surface area contributed by atoms with Crippen molar-refractivity contribution in [2.24, 2.45) is 0 Å². The van der Waals surface area contributed by atoms with Gasteiger partial charge in [-0.3, -0.25) is 19.6 Å². The SMILES string of the molecule is O=C(C=Cc1ccc(CN2CCCC2Cn2cc(Cc3ccccc3)nn2)cc1)NO. The van der Waals surface area contributed by atoms with Crippen molar-refractivity contribution in [1.29, 1.82) is 0 Å². The molecular formula is C24H27N5O2. The molecule has 7 nitrogen and oxygen atoms in total. The average Bonchev–Trinajstić information content (AvgIpc) is 3.43.